The Bertz CT molecular complexity index is 224. The molecule has 2 heterocycles. The molecule has 0 spiro atoms. The van der Waals surface area contributed by atoms with E-state index in [4.69, 9.17) is 4.74 Å². The zero-order valence-corrected chi connectivity index (χ0v) is 10.2. The first kappa shape index (κ1) is 11.4. The van der Waals surface area contributed by atoms with Crippen LogP contribution in [0, 0.1) is 5.92 Å². The van der Waals surface area contributed by atoms with Crippen molar-refractivity contribution in [3.8, 4) is 0 Å². The molecular formula is C12H24N2O. The quantitative estimate of drug-likeness (QED) is 0.727. The molecule has 0 aromatic carbocycles. The van der Waals surface area contributed by atoms with Gasteiger partial charge in [-0.3, -0.25) is 5.32 Å². The number of piperidine rings is 1. The summed E-state index contributed by atoms with van der Waals surface area (Å²) in [5.41, 5.74) is -0.107. The van der Waals surface area contributed by atoms with Crippen LogP contribution in [0.1, 0.15) is 40.0 Å². The second-order valence-corrected chi connectivity index (χ2v) is 5.86. The Hall–Kier alpha value is -0.120. The van der Waals surface area contributed by atoms with Gasteiger partial charge in [0.2, 0.25) is 0 Å². The van der Waals surface area contributed by atoms with Gasteiger partial charge in [0.25, 0.3) is 0 Å². The second kappa shape index (κ2) is 4.04. The molecule has 2 N–H and O–H groups in total. The first-order valence-corrected chi connectivity index (χ1v) is 6.15. The van der Waals surface area contributed by atoms with Crippen molar-refractivity contribution in [3.05, 3.63) is 0 Å². The van der Waals surface area contributed by atoms with E-state index in [-0.39, 0.29) is 11.3 Å². The predicted molar refractivity (Wildman–Crippen MR) is 61.8 cm³/mol. The van der Waals surface area contributed by atoms with E-state index < -0.39 is 0 Å². The van der Waals surface area contributed by atoms with Gasteiger partial charge in [-0.2, -0.15) is 0 Å². The fraction of sp³-hybridized carbons (Fsp3) is 1.00. The van der Waals surface area contributed by atoms with Gasteiger partial charge in [0.1, 0.15) is 5.72 Å². The minimum absolute atomic E-state index is 0.00313. The largest absolute Gasteiger partial charge is 0.354 e. The van der Waals surface area contributed by atoms with Crippen molar-refractivity contribution in [2.24, 2.45) is 5.92 Å². The van der Waals surface area contributed by atoms with Gasteiger partial charge < -0.3 is 10.1 Å². The van der Waals surface area contributed by atoms with Gasteiger partial charge in [-0.15, -0.1) is 0 Å². The highest BCUT2D eigenvalue weighted by molar-refractivity contribution is 4.91. The van der Waals surface area contributed by atoms with Gasteiger partial charge in [0.05, 0.1) is 5.60 Å². The van der Waals surface area contributed by atoms with Crippen LogP contribution in [-0.2, 0) is 4.74 Å². The highest BCUT2D eigenvalue weighted by atomic mass is 16.5. The molecule has 2 aliphatic rings. The van der Waals surface area contributed by atoms with Gasteiger partial charge >= 0.3 is 0 Å². The summed E-state index contributed by atoms with van der Waals surface area (Å²) < 4.78 is 6.10. The molecule has 0 aromatic rings. The minimum Gasteiger partial charge on any atom is -0.354 e. The summed E-state index contributed by atoms with van der Waals surface area (Å²) in [6.07, 6.45) is 3.78. The maximum absolute atomic E-state index is 6.10. The van der Waals surface area contributed by atoms with Crippen molar-refractivity contribution in [1.82, 2.24) is 10.6 Å². The molecule has 2 atom stereocenters. The standard InChI is InChI=1S/C12H24N2O/c1-11(2)9-14-12(3,15-11)7-10-5-4-6-13-8-10/h10,13-14H,4-9H2,1-3H3. The van der Waals surface area contributed by atoms with Crippen molar-refractivity contribution in [3.63, 3.8) is 0 Å². The third kappa shape index (κ3) is 2.92. The van der Waals surface area contributed by atoms with Gasteiger partial charge in [-0.25, -0.2) is 0 Å². The summed E-state index contributed by atoms with van der Waals surface area (Å²) in [5, 5.41) is 6.98. The molecule has 15 heavy (non-hydrogen) atoms. The number of ether oxygens (including phenoxy) is 1. The molecule has 2 saturated heterocycles. The lowest BCUT2D eigenvalue weighted by atomic mass is 9.91. The minimum atomic E-state index is -0.104. The van der Waals surface area contributed by atoms with E-state index in [0.717, 1.165) is 25.4 Å². The molecule has 0 aromatic heterocycles. The Morgan fingerprint density at radius 3 is 2.67 bits per heavy atom. The topological polar surface area (TPSA) is 33.3 Å². The average molecular weight is 212 g/mol. The monoisotopic (exact) mass is 212 g/mol. The highest BCUT2D eigenvalue weighted by Crippen LogP contribution is 2.31. The third-order valence-corrected chi connectivity index (χ3v) is 3.47. The fourth-order valence-electron chi connectivity index (χ4n) is 2.84. The summed E-state index contributed by atoms with van der Waals surface area (Å²) in [7, 11) is 0. The Kier molecular flexibility index (Phi) is 3.06. The molecule has 2 unspecified atom stereocenters. The lowest BCUT2D eigenvalue weighted by Crippen LogP contribution is -2.43. The SMILES string of the molecule is CC1(C)CNC(C)(CC2CCCNC2)O1. The molecule has 2 rings (SSSR count). The van der Waals surface area contributed by atoms with E-state index in [1.807, 2.05) is 0 Å². The maximum Gasteiger partial charge on any atom is 0.117 e. The summed E-state index contributed by atoms with van der Waals surface area (Å²) in [5.74, 6) is 0.769. The van der Waals surface area contributed by atoms with Gasteiger partial charge in [-0.05, 0) is 59.0 Å². The number of hydrogen-bond acceptors (Lipinski definition) is 3. The predicted octanol–water partition coefficient (Wildman–Crippen LogP) is 1.49. The Morgan fingerprint density at radius 1 is 1.33 bits per heavy atom. The zero-order chi connectivity index (χ0) is 10.9. The van der Waals surface area contributed by atoms with Crippen LogP contribution in [0.15, 0.2) is 0 Å². The second-order valence-electron chi connectivity index (χ2n) is 5.86. The Labute approximate surface area is 93.0 Å². The van der Waals surface area contributed by atoms with Crippen LogP contribution in [-0.4, -0.2) is 31.0 Å². The van der Waals surface area contributed by atoms with E-state index in [1.54, 1.807) is 0 Å². The molecule has 2 aliphatic heterocycles. The van der Waals surface area contributed by atoms with Crippen molar-refractivity contribution >= 4 is 0 Å². The van der Waals surface area contributed by atoms with Crippen LogP contribution in [0.4, 0.5) is 0 Å². The highest BCUT2D eigenvalue weighted by Gasteiger charge is 2.41. The van der Waals surface area contributed by atoms with Crippen molar-refractivity contribution in [1.29, 1.82) is 0 Å². The third-order valence-electron chi connectivity index (χ3n) is 3.47. The van der Waals surface area contributed by atoms with Crippen molar-refractivity contribution in [2.45, 2.75) is 51.4 Å². The van der Waals surface area contributed by atoms with Crippen LogP contribution in [0.5, 0.6) is 0 Å². The molecule has 0 amide bonds. The van der Waals surface area contributed by atoms with Crippen LogP contribution in [0.25, 0.3) is 0 Å². The summed E-state index contributed by atoms with van der Waals surface area (Å²) in [6, 6.07) is 0. The number of rotatable bonds is 2. The summed E-state index contributed by atoms with van der Waals surface area (Å²) in [6.45, 7) is 9.81. The van der Waals surface area contributed by atoms with Crippen LogP contribution >= 0.6 is 0 Å². The lowest BCUT2D eigenvalue weighted by molar-refractivity contribution is -0.0919. The van der Waals surface area contributed by atoms with Crippen LogP contribution in [0.2, 0.25) is 0 Å². The molecule has 88 valence electrons. The van der Waals surface area contributed by atoms with Crippen LogP contribution < -0.4 is 10.6 Å². The Morgan fingerprint density at radius 2 is 2.13 bits per heavy atom. The molecule has 0 bridgehead atoms. The summed E-state index contributed by atoms with van der Waals surface area (Å²) >= 11 is 0. The fourth-order valence-corrected chi connectivity index (χ4v) is 2.84. The van der Waals surface area contributed by atoms with E-state index in [1.165, 1.54) is 19.4 Å². The van der Waals surface area contributed by atoms with E-state index in [0.29, 0.717) is 0 Å². The van der Waals surface area contributed by atoms with Gasteiger partial charge in [0.15, 0.2) is 0 Å². The summed E-state index contributed by atoms with van der Waals surface area (Å²) in [4.78, 5) is 0. The lowest BCUT2D eigenvalue weighted by Gasteiger charge is -2.33. The van der Waals surface area contributed by atoms with Crippen molar-refractivity contribution in [2.75, 3.05) is 19.6 Å². The Balaban J connectivity index is 1.88. The van der Waals surface area contributed by atoms with Crippen molar-refractivity contribution < 1.29 is 4.74 Å². The molecule has 0 aliphatic carbocycles. The van der Waals surface area contributed by atoms with Crippen LogP contribution in [0.3, 0.4) is 0 Å². The smallest absolute Gasteiger partial charge is 0.117 e. The van der Waals surface area contributed by atoms with Gasteiger partial charge in [-0.1, -0.05) is 0 Å². The molecule has 0 radical (unpaired) electrons. The van der Waals surface area contributed by atoms with Gasteiger partial charge in [0, 0.05) is 6.54 Å². The number of nitrogens with one attached hydrogen (secondary N) is 2. The normalized spacial score (nSPS) is 40.6. The first-order chi connectivity index (χ1) is 6.99. The molecule has 0 saturated carbocycles. The first-order valence-electron chi connectivity index (χ1n) is 6.15. The van der Waals surface area contributed by atoms with E-state index >= 15 is 0 Å². The molecule has 3 nitrogen and oxygen atoms in total. The molecule has 3 heteroatoms. The average Bonchev–Trinajstić information content (AvgIpc) is 2.42. The van der Waals surface area contributed by atoms with E-state index in [2.05, 4.69) is 31.4 Å². The number of hydrogen-bond donors (Lipinski definition) is 2. The molecule has 2 fully saturated rings. The zero-order valence-electron chi connectivity index (χ0n) is 10.2. The maximum atomic E-state index is 6.10. The van der Waals surface area contributed by atoms with E-state index in [9.17, 15) is 0 Å². The molecular weight excluding hydrogens is 188 g/mol.